The third-order valence-electron chi connectivity index (χ3n) is 2.88. The predicted octanol–water partition coefficient (Wildman–Crippen LogP) is 2.58. The number of carbonyl (C=O) groups excluding carboxylic acids is 1. The van der Waals surface area contributed by atoms with Gasteiger partial charge in [-0.2, -0.15) is 0 Å². The number of aliphatic hydroxyl groups excluding tert-OH is 1. The van der Waals surface area contributed by atoms with Crippen molar-refractivity contribution in [3.05, 3.63) is 11.2 Å². The Balaban J connectivity index is 0.00000128. The first-order chi connectivity index (χ1) is 7.24. The fraction of sp³-hybridized carbons (Fsp3) is 0.600. The van der Waals surface area contributed by atoms with Crippen molar-refractivity contribution in [3.63, 3.8) is 0 Å². The summed E-state index contributed by atoms with van der Waals surface area (Å²) in [6.45, 7) is 0. The van der Waals surface area contributed by atoms with Crippen LogP contribution in [0.3, 0.4) is 0 Å². The van der Waals surface area contributed by atoms with Crippen molar-refractivity contribution in [2.24, 2.45) is 0 Å². The van der Waals surface area contributed by atoms with Crippen LogP contribution < -0.4 is 0 Å². The van der Waals surface area contributed by atoms with Crippen LogP contribution in [0.15, 0.2) is 11.2 Å². The number of hydrogen-bond acceptors (Lipinski definition) is 4. The van der Waals surface area contributed by atoms with E-state index in [1.807, 2.05) is 0 Å². The fourth-order valence-electron chi connectivity index (χ4n) is 2.12. The Morgan fingerprint density at radius 2 is 2.00 bits per heavy atom. The van der Waals surface area contributed by atoms with E-state index in [4.69, 9.17) is 17.3 Å². The van der Waals surface area contributed by atoms with E-state index < -0.39 is 0 Å². The Labute approximate surface area is 120 Å². The maximum absolute atomic E-state index is 11.8. The summed E-state index contributed by atoms with van der Waals surface area (Å²) in [4.78, 5) is 13.9. The molecule has 1 saturated carbocycles. The van der Waals surface area contributed by atoms with Crippen LogP contribution in [0.4, 0.5) is 0 Å². The van der Waals surface area contributed by atoms with E-state index >= 15 is 0 Å². The summed E-state index contributed by atoms with van der Waals surface area (Å²) in [6.07, 6.45) is 6.51. The average Bonchev–Trinajstić information content (AvgIpc) is 2.55. The maximum Gasteiger partial charge on any atom is 0.269 e. The first-order valence-corrected chi connectivity index (χ1v) is 6.36. The van der Waals surface area contributed by atoms with Crippen molar-refractivity contribution >= 4 is 34.2 Å². The van der Waals surface area contributed by atoms with Crippen LogP contribution in [0.2, 0.25) is 0 Å². The molecule has 0 unspecified atom stereocenters. The zero-order valence-electron chi connectivity index (χ0n) is 8.61. The van der Waals surface area contributed by atoms with E-state index in [-0.39, 0.29) is 34.3 Å². The zero-order chi connectivity index (χ0) is 10.8. The Bertz CT molecular complexity index is 327. The van der Waals surface area contributed by atoms with Gasteiger partial charge < -0.3 is 5.11 Å². The molecule has 0 spiro atoms. The van der Waals surface area contributed by atoms with Crippen molar-refractivity contribution in [2.45, 2.75) is 38.1 Å². The van der Waals surface area contributed by atoms with Crippen molar-refractivity contribution in [2.75, 3.05) is 0 Å². The van der Waals surface area contributed by atoms with Gasteiger partial charge in [0.05, 0.1) is 6.26 Å². The molecule has 6 heteroatoms. The van der Waals surface area contributed by atoms with Crippen LogP contribution in [0, 0.1) is 0 Å². The molecule has 1 aliphatic carbocycles. The second-order valence-electron chi connectivity index (χ2n) is 3.83. The molecule has 1 amide bonds. The van der Waals surface area contributed by atoms with Crippen LogP contribution >= 0.6 is 24.0 Å². The van der Waals surface area contributed by atoms with Gasteiger partial charge in [-0.15, -0.1) is 0 Å². The summed E-state index contributed by atoms with van der Waals surface area (Å²) in [5, 5.41) is 8.88. The summed E-state index contributed by atoms with van der Waals surface area (Å²) in [5.74, 6) is -0.126. The Morgan fingerprint density at radius 1 is 1.38 bits per heavy atom. The fourth-order valence-corrected chi connectivity index (χ4v) is 3.38. The standard InChI is InChI=1S/C10H13NO2S2.Ag/c12-6-8-9(13)11(10(14)15-8)7-4-2-1-3-5-7;/h6-7,12H,1-5H2;/b8-6-;. The molecule has 1 aliphatic heterocycles. The first-order valence-electron chi connectivity index (χ1n) is 5.14. The predicted molar refractivity (Wildman–Crippen MR) is 64.6 cm³/mol. The van der Waals surface area contributed by atoms with E-state index in [0.29, 0.717) is 9.23 Å². The van der Waals surface area contributed by atoms with Gasteiger partial charge in [-0.05, 0) is 12.8 Å². The zero-order valence-corrected chi connectivity index (χ0v) is 11.7. The Kier molecular flexibility index (Phi) is 5.53. The second-order valence-corrected chi connectivity index (χ2v) is 5.50. The molecule has 2 aliphatic rings. The molecule has 1 heterocycles. The number of nitrogens with zero attached hydrogens (tertiary/aromatic N) is 1. The molecule has 1 N–H and O–H groups in total. The van der Waals surface area contributed by atoms with Gasteiger partial charge in [0.2, 0.25) is 0 Å². The largest absolute Gasteiger partial charge is 0.514 e. The summed E-state index contributed by atoms with van der Waals surface area (Å²) < 4.78 is 0.590. The third kappa shape index (κ3) is 2.71. The number of thioether (sulfide) groups is 1. The van der Waals surface area contributed by atoms with Crippen molar-refractivity contribution in [1.29, 1.82) is 0 Å². The minimum absolute atomic E-state index is 0. The van der Waals surface area contributed by atoms with Gasteiger partial charge in [-0.1, -0.05) is 43.2 Å². The molecular weight excluding hydrogens is 338 g/mol. The van der Waals surface area contributed by atoms with E-state index in [0.717, 1.165) is 19.1 Å². The van der Waals surface area contributed by atoms with E-state index in [2.05, 4.69) is 0 Å². The number of thiocarbonyl (C=S) groups is 1. The van der Waals surface area contributed by atoms with Crippen molar-refractivity contribution in [3.8, 4) is 0 Å². The summed E-state index contributed by atoms with van der Waals surface area (Å²) >= 11 is 6.35. The molecule has 93 valence electrons. The Morgan fingerprint density at radius 3 is 2.50 bits per heavy atom. The van der Waals surface area contributed by atoms with Gasteiger partial charge in [0.15, 0.2) is 0 Å². The topological polar surface area (TPSA) is 40.5 Å². The molecule has 3 nitrogen and oxygen atoms in total. The molecule has 1 saturated heterocycles. The monoisotopic (exact) mass is 350 g/mol. The number of rotatable bonds is 1. The van der Waals surface area contributed by atoms with Crippen LogP contribution in [0.25, 0.3) is 0 Å². The first kappa shape index (κ1) is 14.3. The summed E-state index contributed by atoms with van der Waals surface area (Å²) in [6, 6.07) is 0.253. The SMILES string of the molecule is O=C1/C(=C/O)SC(=S)N1C1CCCCC1.[Ag]. The smallest absolute Gasteiger partial charge is 0.269 e. The molecular formula is C10H13AgNO2S2. The third-order valence-corrected chi connectivity index (χ3v) is 4.20. The van der Waals surface area contributed by atoms with Crippen LogP contribution in [0.5, 0.6) is 0 Å². The summed E-state index contributed by atoms with van der Waals surface area (Å²) in [7, 11) is 0. The molecule has 2 rings (SSSR count). The molecule has 16 heavy (non-hydrogen) atoms. The number of hydrogen-bond donors (Lipinski definition) is 1. The van der Waals surface area contributed by atoms with E-state index in [1.165, 1.54) is 31.0 Å². The molecule has 0 aromatic carbocycles. The van der Waals surface area contributed by atoms with Crippen molar-refractivity contribution < 1.29 is 32.3 Å². The van der Waals surface area contributed by atoms with Crippen LogP contribution in [0.1, 0.15) is 32.1 Å². The minimum atomic E-state index is -0.126. The molecule has 0 aromatic rings. The van der Waals surface area contributed by atoms with Crippen molar-refractivity contribution in [1.82, 2.24) is 4.90 Å². The van der Waals surface area contributed by atoms with Crippen LogP contribution in [-0.4, -0.2) is 26.3 Å². The number of amides is 1. The van der Waals surface area contributed by atoms with Gasteiger partial charge >= 0.3 is 0 Å². The average molecular weight is 351 g/mol. The summed E-state index contributed by atoms with van der Waals surface area (Å²) in [5.41, 5.74) is 0. The van der Waals surface area contributed by atoms with Gasteiger partial charge in [0.1, 0.15) is 9.23 Å². The van der Waals surface area contributed by atoms with Crippen LogP contribution in [-0.2, 0) is 27.2 Å². The molecule has 1 radical (unpaired) electrons. The van der Waals surface area contributed by atoms with Gasteiger partial charge in [-0.25, -0.2) is 0 Å². The molecule has 0 aromatic heterocycles. The van der Waals surface area contributed by atoms with E-state index in [1.54, 1.807) is 4.90 Å². The van der Waals surface area contributed by atoms with Gasteiger partial charge in [0, 0.05) is 28.4 Å². The van der Waals surface area contributed by atoms with Gasteiger partial charge in [-0.3, -0.25) is 9.69 Å². The number of aliphatic hydroxyl groups is 1. The quantitative estimate of drug-likeness (QED) is 0.341. The van der Waals surface area contributed by atoms with E-state index in [9.17, 15) is 4.79 Å². The molecule has 2 fully saturated rings. The van der Waals surface area contributed by atoms with Gasteiger partial charge in [0.25, 0.3) is 5.91 Å². The molecule has 0 atom stereocenters. The second kappa shape index (κ2) is 6.21. The Hall–Kier alpha value is 0.190. The maximum atomic E-state index is 11.8. The number of carbonyl (C=O) groups is 1. The minimum Gasteiger partial charge on any atom is -0.514 e. The molecule has 0 bridgehead atoms. The normalized spacial score (nSPS) is 25.0.